The highest BCUT2D eigenvalue weighted by molar-refractivity contribution is 6.30. The van der Waals surface area contributed by atoms with Gasteiger partial charge in [-0.05, 0) is 30.3 Å². The molecule has 0 saturated heterocycles. The van der Waals surface area contributed by atoms with Gasteiger partial charge in [0.25, 0.3) is 0 Å². The van der Waals surface area contributed by atoms with E-state index >= 15 is 0 Å². The van der Waals surface area contributed by atoms with Crippen LogP contribution in [0.1, 0.15) is 15.9 Å². The lowest BCUT2D eigenvalue weighted by Crippen LogP contribution is -2.04. The molecule has 3 N–H and O–H groups in total. The summed E-state index contributed by atoms with van der Waals surface area (Å²) in [5, 5.41) is 28.6. The van der Waals surface area contributed by atoms with Gasteiger partial charge in [-0.25, -0.2) is 0 Å². The van der Waals surface area contributed by atoms with Crippen LogP contribution in [0.2, 0.25) is 5.02 Å². The van der Waals surface area contributed by atoms with Crippen LogP contribution in [0.25, 0.3) is 0 Å². The second kappa shape index (κ2) is 7.02. The monoisotopic (exact) mass is 335 g/mol. The topological polar surface area (TPSA) is 99.4 Å². The summed E-state index contributed by atoms with van der Waals surface area (Å²) in [7, 11) is 1.51. The summed E-state index contributed by atoms with van der Waals surface area (Å²) < 4.78 is 5.16. The van der Waals surface area contributed by atoms with Crippen LogP contribution in [0.5, 0.6) is 23.0 Å². The molecule has 0 aliphatic heterocycles. The van der Waals surface area contributed by atoms with Gasteiger partial charge in [-0.2, -0.15) is 0 Å². The van der Waals surface area contributed by atoms with Crippen molar-refractivity contribution < 1.29 is 24.9 Å². The molecule has 0 aliphatic rings. The van der Waals surface area contributed by atoms with E-state index in [4.69, 9.17) is 16.3 Å². The Morgan fingerprint density at radius 2 is 1.87 bits per heavy atom. The van der Waals surface area contributed by atoms with Gasteiger partial charge in [0, 0.05) is 22.4 Å². The zero-order valence-corrected chi connectivity index (χ0v) is 12.9. The summed E-state index contributed by atoms with van der Waals surface area (Å²) in [5.74, 6) is -1.70. The molecule has 0 spiro atoms. The Labute approximate surface area is 137 Å². The van der Waals surface area contributed by atoms with Crippen molar-refractivity contribution in [3.63, 3.8) is 0 Å². The number of hydrogen-bond donors (Lipinski definition) is 3. The number of ether oxygens (including phenoxy) is 1. The average Bonchev–Trinajstić information content (AvgIpc) is 2.52. The number of carbonyl (C=O) groups is 1. The third-order valence-corrected chi connectivity index (χ3v) is 3.28. The first-order valence-corrected chi connectivity index (χ1v) is 6.91. The third kappa shape index (κ3) is 3.92. The van der Waals surface area contributed by atoms with Crippen molar-refractivity contribution in [2.75, 3.05) is 13.7 Å². The van der Waals surface area contributed by atoms with E-state index in [2.05, 4.69) is 4.99 Å². The second-order valence-electron chi connectivity index (χ2n) is 4.64. The van der Waals surface area contributed by atoms with E-state index in [1.165, 1.54) is 13.3 Å². The normalized spacial score (nSPS) is 10.9. The summed E-state index contributed by atoms with van der Waals surface area (Å²) in [6, 6.07) is 7.12. The quantitative estimate of drug-likeness (QED) is 0.443. The van der Waals surface area contributed by atoms with Crippen molar-refractivity contribution >= 4 is 23.6 Å². The smallest absolute Gasteiger partial charge is 0.200 e. The van der Waals surface area contributed by atoms with Gasteiger partial charge in [0.15, 0.2) is 23.0 Å². The molecule has 0 heterocycles. The van der Waals surface area contributed by atoms with Crippen LogP contribution < -0.4 is 4.74 Å². The fourth-order valence-electron chi connectivity index (χ4n) is 1.89. The van der Waals surface area contributed by atoms with E-state index in [9.17, 15) is 20.1 Å². The number of nitrogens with zero attached hydrogens (tertiary/aromatic N) is 1. The molecule has 23 heavy (non-hydrogen) atoms. The van der Waals surface area contributed by atoms with E-state index in [0.29, 0.717) is 16.3 Å². The van der Waals surface area contributed by atoms with Crippen LogP contribution in [0.3, 0.4) is 0 Å². The van der Waals surface area contributed by atoms with Gasteiger partial charge in [0.2, 0.25) is 0 Å². The highest BCUT2D eigenvalue weighted by atomic mass is 35.5. The molecule has 0 unspecified atom stereocenters. The van der Waals surface area contributed by atoms with E-state index in [0.717, 1.165) is 12.1 Å². The molecule has 0 aromatic heterocycles. The molecule has 6 nitrogen and oxygen atoms in total. The van der Waals surface area contributed by atoms with Crippen molar-refractivity contribution in [2.45, 2.75) is 0 Å². The zero-order chi connectivity index (χ0) is 17.0. The molecule has 2 aromatic rings. The molecule has 0 atom stereocenters. The molecular formula is C16H14ClNO5. The molecule has 0 amide bonds. The minimum Gasteiger partial charge on any atom is -0.504 e. The molecule has 0 aliphatic carbocycles. The van der Waals surface area contributed by atoms with E-state index in [1.807, 2.05) is 0 Å². The molecule has 0 fully saturated rings. The molecular weight excluding hydrogens is 322 g/mol. The van der Waals surface area contributed by atoms with Gasteiger partial charge in [-0.1, -0.05) is 11.6 Å². The minimum absolute atomic E-state index is 0.0352. The molecule has 7 heteroatoms. The van der Waals surface area contributed by atoms with Crippen LogP contribution in [-0.2, 0) is 0 Å². The lowest BCUT2D eigenvalue weighted by atomic mass is 10.1. The Hall–Kier alpha value is -2.73. The lowest BCUT2D eigenvalue weighted by molar-refractivity contribution is 0.100. The first-order chi connectivity index (χ1) is 10.9. The Morgan fingerprint density at radius 1 is 1.22 bits per heavy atom. The summed E-state index contributed by atoms with van der Waals surface area (Å²) in [6.07, 6.45) is 1.45. The SMILES string of the molecule is COc1ccc(Cl)cc1C=NCC(=O)c1cc(O)c(O)c(O)c1. The number of Topliss-reactive ketones (excluding diaryl/α,β-unsaturated/α-hetero) is 1. The van der Waals surface area contributed by atoms with Gasteiger partial charge in [0.1, 0.15) is 12.3 Å². The maximum atomic E-state index is 12.0. The predicted octanol–water partition coefficient (Wildman–Crippen LogP) is 2.77. The van der Waals surface area contributed by atoms with Crippen LogP contribution in [0, 0.1) is 0 Å². The number of halogens is 1. The Bertz CT molecular complexity index is 750. The van der Waals surface area contributed by atoms with Gasteiger partial charge in [-0.15, -0.1) is 0 Å². The summed E-state index contributed by atoms with van der Waals surface area (Å²) in [5.41, 5.74) is 0.650. The number of rotatable bonds is 5. The number of phenols is 3. The number of aromatic hydroxyl groups is 3. The minimum atomic E-state index is -0.672. The number of aliphatic imine (C=N–C) groups is 1. The van der Waals surface area contributed by atoms with Gasteiger partial charge in [-0.3, -0.25) is 9.79 Å². The van der Waals surface area contributed by atoms with E-state index in [-0.39, 0.29) is 12.1 Å². The molecule has 120 valence electrons. The first kappa shape index (κ1) is 16.6. The highest BCUT2D eigenvalue weighted by Gasteiger charge is 2.13. The average molecular weight is 336 g/mol. The number of hydrogen-bond acceptors (Lipinski definition) is 6. The van der Waals surface area contributed by atoms with Gasteiger partial charge in [0.05, 0.1) is 7.11 Å². The molecule has 2 rings (SSSR count). The first-order valence-electron chi connectivity index (χ1n) is 6.54. The largest absolute Gasteiger partial charge is 0.504 e. The molecule has 0 bridgehead atoms. The van der Waals surface area contributed by atoms with Gasteiger partial charge >= 0.3 is 0 Å². The number of methoxy groups -OCH3 is 1. The maximum Gasteiger partial charge on any atom is 0.200 e. The number of ketones is 1. The lowest BCUT2D eigenvalue weighted by Gasteiger charge is -2.05. The van der Waals surface area contributed by atoms with Crippen molar-refractivity contribution in [1.29, 1.82) is 0 Å². The Balaban J connectivity index is 2.14. The standard InChI is InChI=1S/C16H14ClNO5/c1-23-15-3-2-11(17)4-10(15)7-18-8-14(21)9-5-12(19)16(22)13(20)6-9/h2-7,19-20,22H,8H2,1H3. The summed E-state index contributed by atoms with van der Waals surface area (Å²) in [4.78, 5) is 16.0. The highest BCUT2D eigenvalue weighted by Crippen LogP contribution is 2.35. The maximum absolute atomic E-state index is 12.0. The van der Waals surface area contributed by atoms with Crippen molar-refractivity contribution in [3.05, 3.63) is 46.5 Å². The van der Waals surface area contributed by atoms with Crippen LogP contribution >= 0.6 is 11.6 Å². The number of carbonyl (C=O) groups excluding carboxylic acids is 1. The number of benzene rings is 2. The fraction of sp³-hybridized carbons (Fsp3) is 0.125. The van der Waals surface area contributed by atoms with Crippen molar-refractivity contribution in [2.24, 2.45) is 4.99 Å². The molecule has 2 aromatic carbocycles. The Morgan fingerprint density at radius 3 is 2.48 bits per heavy atom. The molecule has 0 radical (unpaired) electrons. The van der Waals surface area contributed by atoms with Gasteiger partial charge < -0.3 is 20.1 Å². The van der Waals surface area contributed by atoms with E-state index in [1.54, 1.807) is 18.2 Å². The predicted molar refractivity (Wildman–Crippen MR) is 86.2 cm³/mol. The summed E-state index contributed by atoms with van der Waals surface area (Å²) >= 11 is 5.90. The summed E-state index contributed by atoms with van der Waals surface area (Å²) in [6.45, 7) is -0.209. The van der Waals surface area contributed by atoms with Crippen molar-refractivity contribution in [3.8, 4) is 23.0 Å². The Kier molecular flexibility index (Phi) is 5.08. The zero-order valence-electron chi connectivity index (χ0n) is 12.2. The van der Waals surface area contributed by atoms with Crippen molar-refractivity contribution in [1.82, 2.24) is 0 Å². The van der Waals surface area contributed by atoms with Crippen LogP contribution in [-0.4, -0.2) is 41.0 Å². The molecule has 0 saturated carbocycles. The number of phenolic OH excluding ortho intramolecular Hbond substituents is 3. The van der Waals surface area contributed by atoms with Crippen LogP contribution in [0.15, 0.2) is 35.3 Å². The van der Waals surface area contributed by atoms with E-state index < -0.39 is 23.0 Å². The second-order valence-corrected chi connectivity index (χ2v) is 5.08. The van der Waals surface area contributed by atoms with Crippen LogP contribution in [0.4, 0.5) is 0 Å². The third-order valence-electron chi connectivity index (χ3n) is 3.05. The fourth-order valence-corrected chi connectivity index (χ4v) is 2.07.